The van der Waals surface area contributed by atoms with Crippen LogP contribution >= 0.6 is 12.2 Å². The Morgan fingerprint density at radius 2 is 2.18 bits per heavy atom. The van der Waals surface area contributed by atoms with Crippen molar-refractivity contribution in [2.24, 2.45) is 11.7 Å². The molecule has 17 heavy (non-hydrogen) atoms. The minimum absolute atomic E-state index is 0.112. The Balaban J connectivity index is 2.01. The van der Waals surface area contributed by atoms with Gasteiger partial charge in [-0.2, -0.15) is 0 Å². The summed E-state index contributed by atoms with van der Waals surface area (Å²) in [6.45, 7) is 2.52. The van der Waals surface area contributed by atoms with E-state index in [1.54, 1.807) is 6.07 Å². The predicted octanol–water partition coefficient (Wildman–Crippen LogP) is 0.511. The molecule has 5 heteroatoms. The number of hydrogen-bond acceptors (Lipinski definition) is 2. The van der Waals surface area contributed by atoms with Crippen LogP contribution in [0.25, 0.3) is 0 Å². The summed E-state index contributed by atoms with van der Waals surface area (Å²) < 4.78 is 1.91. The van der Waals surface area contributed by atoms with E-state index in [1.165, 1.54) is 0 Å². The summed E-state index contributed by atoms with van der Waals surface area (Å²) in [6.07, 6.45) is 1.14. The summed E-state index contributed by atoms with van der Waals surface area (Å²) >= 11 is 5.05. The zero-order valence-corrected chi connectivity index (χ0v) is 10.3. The molecule has 0 amide bonds. The van der Waals surface area contributed by atoms with Crippen LogP contribution in [0.4, 0.5) is 0 Å². The summed E-state index contributed by atoms with van der Waals surface area (Å²) in [5, 5.41) is 0.478. The molecule has 2 N–H and O–H groups in total. The molecule has 90 valence electrons. The summed E-state index contributed by atoms with van der Waals surface area (Å²) in [5.74, 6) is 0.876. The molecule has 1 saturated heterocycles. The number of nitrogens with zero attached hydrogens (tertiary/aromatic N) is 2. The van der Waals surface area contributed by atoms with E-state index in [-0.39, 0.29) is 5.56 Å². The Kier molecular flexibility index (Phi) is 2.43. The van der Waals surface area contributed by atoms with Crippen molar-refractivity contribution in [3.05, 3.63) is 34.2 Å². The lowest BCUT2D eigenvalue weighted by Crippen LogP contribution is -2.50. The summed E-state index contributed by atoms with van der Waals surface area (Å²) in [5.41, 5.74) is 6.96. The van der Waals surface area contributed by atoms with E-state index in [2.05, 4.69) is 4.90 Å². The van der Waals surface area contributed by atoms with Gasteiger partial charge in [-0.1, -0.05) is 6.07 Å². The van der Waals surface area contributed by atoms with E-state index in [9.17, 15) is 4.79 Å². The third kappa shape index (κ3) is 1.74. The molecule has 3 heterocycles. The average molecular weight is 249 g/mol. The monoisotopic (exact) mass is 249 g/mol. The second-order valence-electron chi connectivity index (χ2n) is 4.94. The third-order valence-electron chi connectivity index (χ3n) is 3.79. The van der Waals surface area contributed by atoms with Crippen LogP contribution in [0.2, 0.25) is 0 Å². The van der Waals surface area contributed by atoms with E-state index in [4.69, 9.17) is 18.0 Å². The predicted molar refractivity (Wildman–Crippen MR) is 69.9 cm³/mol. The van der Waals surface area contributed by atoms with Gasteiger partial charge in [0.15, 0.2) is 5.11 Å². The van der Waals surface area contributed by atoms with Gasteiger partial charge in [0.2, 0.25) is 0 Å². The summed E-state index contributed by atoms with van der Waals surface area (Å²) in [7, 11) is 0. The van der Waals surface area contributed by atoms with Crippen LogP contribution in [-0.4, -0.2) is 27.7 Å². The van der Waals surface area contributed by atoms with E-state index < -0.39 is 0 Å². The molecule has 4 nitrogen and oxygen atoms in total. The number of nitrogens with two attached hydrogens (primary N) is 1. The number of hydrogen-bond donors (Lipinski definition) is 1. The van der Waals surface area contributed by atoms with Crippen LogP contribution in [0.3, 0.4) is 0 Å². The fourth-order valence-electron chi connectivity index (χ4n) is 3.08. The SMILES string of the molecule is NC(=S)N1C[C@H]2C[C@H](C1)c1cccc(=O)n1C2. The van der Waals surface area contributed by atoms with E-state index in [0.717, 1.165) is 31.7 Å². The van der Waals surface area contributed by atoms with Crippen molar-refractivity contribution >= 4 is 17.3 Å². The number of pyridine rings is 1. The van der Waals surface area contributed by atoms with E-state index >= 15 is 0 Å². The summed E-state index contributed by atoms with van der Waals surface area (Å²) in [6, 6.07) is 5.52. The minimum Gasteiger partial charge on any atom is -0.376 e. The van der Waals surface area contributed by atoms with Gasteiger partial charge in [0, 0.05) is 37.3 Å². The van der Waals surface area contributed by atoms with Crippen molar-refractivity contribution in [1.82, 2.24) is 9.47 Å². The van der Waals surface area contributed by atoms with Crippen molar-refractivity contribution in [1.29, 1.82) is 0 Å². The standard InChI is InChI=1S/C12H15N3OS/c13-12(17)14-5-8-4-9(7-14)10-2-1-3-11(16)15(10)6-8/h1-3,8-9H,4-7H2,(H2,13,17)/t8-,9-/m1/s1. The van der Waals surface area contributed by atoms with Gasteiger partial charge >= 0.3 is 0 Å². The lowest BCUT2D eigenvalue weighted by Gasteiger charge is -2.43. The van der Waals surface area contributed by atoms with Gasteiger partial charge in [0.05, 0.1) is 0 Å². The number of piperidine rings is 1. The topological polar surface area (TPSA) is 51.3 Å². The highest BCUT2D eigenvalue weighted by Gasteiger charge is 2.34. The fraction of sp³-hybridized carbons (Fsp3) is 0.500. The molecule has 0 aliphatic carbocycles. The van der Waals surface area contributed by atoms with Crippen molar-refractivity contribution < 1.29 is 0 Å². The largest absolute Gasteiger partial charge is 0.376 e. The zero-order valence-electron chi connectivity index (χ0n) is 9.50. The average Bonchev–Trinajstić information content (AvgIpc) is 2.30. The third-order valence-corrected chi connectivity index (χ3v) is 4.05. The molecule has 2 aliphatic rings. The van der Waals surface area contributed by atoms with Gasteiger partial charge in [-0.25, -0.2) is 0 Å². The van der Waals surface area contributed by atoms with Crippen LogP contribution < -0.4 is 11.3 Å². The molecule has 0 unspecified atom stereocenters. The Morgan fingerprint density at radius 3 is 2.94 bits per heavy atom. The molecular formula is C12H15N3OS. The van der Waals surface area contributed by atoms with E-state index in [1.807, 2.05) is 16.7 Å². The molecule has 2 bridgehead atoms. The van der Waals surface area contributed by atoms with Gasteiger partial charge in [-0.3, -0.25) is 4.79 Å². The highest BCUT2D eigenvalue weighted by atomic mass is 32.1. The van der Waals surface area contributed by atoms with Gasteiger partial charge in [-0.15, -0.1) is 0 Å². The van der Waals surface area contributed by atoms with Crippen LogP contribution in [0, 0.1) is 5.92 Å². The molecule has 1 aromatic heterocycles. The Hall–Kier alpha value is -1.36. The first-order valence-electron chi connectivity index (χ1n) is 5.89. The number of aromatic nitrogens is 1. The molecule has 1 fully saturated rings. The highest BCUT2D eigenvalue weighted by Crippen LogP contribution is 2.34. The Morgan fingerprint density at radius 1 is 1.35 bits per heavy atom. The molecular weight excluding hydrogens is 234 g/mol. The Bertz CT molecular complexity index is 525. The van der Waals surface area contributed by atoms with Gasteiger partial charge in [0.25, 0.3) is 5.56 Å². The number of likely N-dealkylation sites (tertiary alicyclic amines) is 1. The zero-order chi connectivity index (χ0) is 12.0. The van der Waals surface area contributed by atoms with Crippen LogP contribution in [0.15, 0.2) is 23.0 Å². The normalized spacial score (nSPS) is 26.5. The maximum Gasteiger partial charge on any atom is 0.250 e. The van der Waals surface area contributed by atoms with Gasteiger partial charge < -0.3 is 15.2 Å². The molecule has 1 aromatic rings. The molecule has 0 radical (unpaired) electrons. The second kappa shape index (κ2) is 3.84. The van der Waals surface area contributed by atoms with Gasteiger partial charge in [0.1, 0.15) is 0 Å². The van der Waals surface area contributed by atoms with Crippen molar-refractivity contribution in [3.63, 3.8) is 0 Å². The molecule has 3 rings (SSSR count). The maximum absolute atomic E-state index is 11.8. The van der Waals surface area contributed by atoms with Crippen LogP contribution in [0.5, 0.6) is 0 Å². The first kappa shape index (κ1) is 10.8. The quantitative estimate of drug-likeness (QED) is 0.681. The molecule has 2 atom stereocenters. The summed E-state index contributed by atoms with van der Waals surface area (Å²) in [4.78, 5) is 13.9. The lowest BCUT2D eigenvalue weighted by molar-refractivity contribution is 0.179. The minimum atomic E-state index is 0.112. The smallest absolute Gasteiger partial charge is 0.250 e. The molecule has 2 aliphatic heterocycles. The maximum atomic E-state index is 11.8. The highest BCUT2D eigenvalue weighted by molar-refractivity contribution is 7.80. The second-order valence-corrected chi connectivity index (χ2v) is 5.36. The molecule has 0 spiro atoms. The fourth-order valence-corrected chi connectivity index (χ4v) is 3.23. The lowest BCUT2D eigenvalue weighted by atomic mass is 9.83. The van der Waals surface area contributed by atoms with Crippen molar-refractivity contribution in [2.45, 2.75) is 18.9 Å². The van der Waals surface area contributed by atoms with Crippen LogP contribution in [-0.2, 0) is 6.54 Å². The molecule has 0 aromatic carbocycles. The van der Waals surface area contributed by atoms with E-state index in [0.29, 0.717) is 16.9 Å². The number of thiocarbonyl (C=S) groups is 1. The number of fused-ring (bicyclic) bond motifs is 4. The first-order valence-corrected chi connectivity index (χ1v) is 6.30. The van der Waals surface area contributed by atoms with Crippen LogP contribution in [0.1, 0.15) is 18.0 Å². The molecule has 0 saturated carbocycles. The van der Waals surface area contributed by atoms with Crippen molar-refractivity contribution in [3.8, 4) is 0 Å². The van der Waals surface area contributed by atoms with Gasteiger partial charge in [-0.05, 0) is 30.6 Å². The number of rotatable bonds is 0. The Labute approximate surface area is 105 Å². The first-order chi connectivity index (χ1) is 8.15. The van der Waals surface area contributed by atoms with Crippen molar-refractivity contribution in [2.75, 3.05) is 13.1 Å².